The Morgan fingerprint density at radius 2 is 1.53 bits per heavy atom. The number of thioether (sulfide) groups is 1. The predicted octanol–water partition coefficient (Wildman–Crippen LogP) is 5.27. The Kier molecular flexibility index (Phi) is 3.51. The molecule has 0 saturated heterocycles. The molecule has 3 aromatic rings. The molecule has 3 rings (SSSR count). The number of hydrogen-bond acceptors (Lipinski definition) is 1. The van der Waals surface area contributed by atoms with E-state index in [-0.39, 0.29) is 5.82 Å². The molecule has 0 heterocycles. The molecule has 0 fully saturated rings. The summed E-state index contributed by atoms with van der Waals surface area (Å²) in [6.07, 6.45) is 0. The van der Waals surface area contributed by atoms with E-state index in [9.17, 15) is 4.39 Å². The highest BCUT2D eigenvalue weighted by Gasteiger charge is 2.02. The number of benzene rings is 3. The summed E-state index contributed by atoms with van der Waals surface area (Å²) in [5.74, 6) is 0.529. The van der Waals surface area contributed by atoms with Crippen LogP contribution in [0.15, 0.2) is 71.6 Å². The maximum absolute atomic E-state index is 13.5. The second kappa shape index (κ2) is 5.45. The zero-order chi connectivity index (χ0) is 13.1. The van der Waals surface area contributed by atoms with Gasteiger partial charge < -0.3 is 0 Å². The first kappa shape index (κ1) is 12.2. The Balaban J connectivity index is 1.80. The summed E-state index contributed by atoms with van der Waals surface area (Å²) in [7, 11) is 0. The zero-order valence-electron chi connectivity index (χ0n) is 10.3. The van der Waals surface area contributed by atoms with Gasteiger partial charge in [-0.05, 0) is 34.5 Å². The van der Waals surface area contributed by atoms with Crippen LogP contribution in [0, 0.1) is 5.82 Å². The van der Waals surface area contributed by atoms with Crippen molar-refractivity contribution < 1.29 is 4.39 Å². The van der Waals surface area contributed by atoms with Crippen LogP contribution in [-0.4, -0.2) is 0 Å². The lowest BCUT2D eigenvalue weighted by atomic mass is 10.1. The molecule has 19 heavy (non-hydrogen) atoms. The fourth-order valence-electron chi connectivity index (χ4n) is 2.03. The summed E-state index contributed by atoms with van der Waals surface area (Å²) >= 11 is 1.66. The molecule has 0 nitrogen and oxygen atoms in total. The Bertz CT molecular complexity index is 706. The van der Waals surface area contributed by atoms with Gasteiger partial charge in [0.1, 0.15) is 5.82 Å². The standard InChI is InChI=1S/C17H13FS/c18-17-8-4-3-7-15(17)12-19-16-10-9-13-5-1-2-6-14(13)11-16/h1-11H,12H2. The quantitative estimate of drug-likeness (QED) is 0.583. The van der Waals surface area contributed by atoms with E-state index in [1.807, 2.05) is 24.3 Å². The van der Waals surface area contributed by atoms with Crippen molar-refractivity contribution in [3.05, 3.63) is 78.1 Å². The van der Waals surface area contributed by atoms with Crippen LogP contribution >= 0.6 is 11.8 Å². The van der Waals surface area contributed by atoms with Crippen LogP contribution in [-0.2, 0) is 5.75 Å². The number of hydrogen-bond donors (Lipinski definition) is 0. The first-order valence-corrected chi connectivity index (χ1v) is 7.16. The Morgan fingerprint density at radius 3 is 2.37 bits per heavy atom. The second-order valence-corrected chi connectivity index (χ2v) is 5.44. The smallest absolute Gasteiger partial charge is 0.127 e. The van der Waals surface area contributed by atoms with E-state index in [4.69, 9.17) is 0 Å². The lowest BCUT2D eigenvalue weighted by Crippen LogP contribution is -1.86. The zero-order valence-corrected chi connectivity index (χ0v) is 11.2. The van der Waals surface area contributed by atoms with Crippen molar-refractivity contribution in [1.29, 1.82) is 0 Å². The van der Waals surface area contributed by atoms with E-state index in [2.05, 4.69) is 30.3 Å². The van der Waals surface area contributed by atoms with Gasteiger partial charge in [0.25, 0.3) is 0 Å². The Hall–Kier alpha value is -1.80. The summed E-state index contributed by atoms with van der Waals surface area (Å²) in [5, 5.41) is 2.46. The van der Waals surface area contributed by atoms with E-state index in [0.717, 1.165) is 5.56 Å². The average Bonchev–Trinajstić information content (AvgIpc) is 2.46. The molecule has 0 saturated carbocycles. The molecule has 0 amide bonds. The van der Waals surface area contributed by atoms with Crippen LogP contribution in [0.3, 0.4) is 0 Å². The molecule has 94 valence electrons. The minimum absolute atomic E-state index is 0.129. The summed E-state index contributed by atoms with van der Waals surface area (Å²) in [4.78, 5) is 1.17. The van der Waals surface area contributed by atoms with E-state index in [1.165, 1.54) is 21.7 Å². The Morgan fingerprint density at radius 1 is 0.789 bits per heavy atom. The van der Waals surface area contributed by atoms with Crippen LogP contribution in [0.25, 0.3) is 10.8 Å². The summed E-state index contributed by atoms with van der Waals surface area (Å²) < 4.78 is 13.5. The van der Waals surface area contributed by atoms with E-state index < -0.39 is 0 Å². The fourth-order valence-corrected chi connectivity index (χ4v) is 2.96. The molecule has 0 spiro atoms. The third-order valence-electron chi connectivity index (χ3n) is 3.07. The maximum Gasteiger partial charge on any atom is 0.127 e. The van der Waals surface area contributed by atoms with Gasteiger partial charge in [0.05, 0.1) is 0 Å². The topological polar surface area (TPSA) is 0 Å². The highest BCUT2D eigenvalue weighted by atomic mass is 32.2. The molecule has 0 atom stereocenters. The largest absolute Gasteiger partial charge is 0.207 e. The van der Waals surface area contributed by atoms with Crippen molar-refractivity contribution in [3.63, 3.8) is 0 Å². The summed E-state index contributed by atoms with van der Waals surface area (Å²) in [5.41, 5.74) is 0.751. The molecule has 0 aliphatic heterocycles. The van der Waals surface area contributed by atoms with E-state index in [0.29, 0.717) is 5.75 Å². The molecular weight excluding hydrogens is 255 g/mol. The molecule has 0 aromatic heterocycles. The lowest BCUT2D eigenvalue weighted by molar-refractivity contribution is 0.617. The van der Waals surface area contributed by atoms with E-state index >= 15 is 0 Å². The molecule has 2 heteroatoms. The van der Waals surface area contributed by atoms with Gasteiger partial charge in [-0.3, -0.25) is 0 Å². The highest BCUT2D eigenvalue weighted by molar-refractivity contribution is 7.98. The average molecular weight is 268 g/mol. The van der Waals surface area contributed by atoms with Crippen molar-refractivity contribution in [2.75, 3.05) is 0 Å². The first-order valence-electron chi connectivity index (χ1n) is 6.18. The van der Waals surface area contributed by atoms with Crippen LogP contribution in [0.2, 0.25) is 0 Å². The van der Waals surface area contributed by atoms with E-state index in [1.54, 1.807) is 17.8 Å². The van der Waals surface area contributed by atoms with Crippen LogP contribution in [0.5, 0.6) is 0 Å². The van der Waals surface area contributed by atoms with Crippen molar-refractivity contribution >= 4 is 22.5 Å². The predicted molar refractivity (Wildman–Crippen MR) is 79.9 cm³/mol. The third kappa shape index (κ3) is 2.79. The van der Waals surface area contributed by atoms with Gasteiger partial charge in [-0.15, -0.1) is 11.8 Å². The maximum atomic E-state index is 13.5. The molecule has 3 aromatic carbocycles. The van der Waals surface area contributed by atoms with Crippen LogP contribution in [0.4, 0.5) is 4.39 Å². The van der Waals surface area contributed by atoms with Gasteiger partial charge in [-0.2, -0.15) is 0 Å². The van der Waals surface area contributed by atoms with Gasteiger partial charge in [0.2, 0.25) is 0 Å². The minimum Gasteiger partial charge on any atom is -0.207 e. The van der Waals surface area contributed by atoms with Gasteiger partial charge >= 0.3 is 0 Å². The van der Waals surface area contributed by atoms with Crippen molar-refractivity contribution in [2.45, 2.75) is 10.6 Å². The molecule has 0 radical (unpaired) electrons. The Labute approximate surface area is 116 Å². The molecular formula is C17H13FS. The SMILES string of the molecule is Fc1ccccc1CSc1ccc2ccccc2c1. The highest BCUT2D eigenvalue weighted by Crippen LogP contribution is 2.27. The molecule has 0 bridgehead atoms. The van der Waals surface area contributed by atoms with Gasteiger partial charge in [-0.25, -0.2) is 4.39 Å². The first-order chi connectivity index (χ1) is 9.33. The van der Waals surface area contributed by atoms with Gasteiger partial charge in [0.15, 0.2) is 0 Å². The molecule has 0 N–H and O–H groups in total. The second-order valence-electron chi connectivity index (χ2n) is 4.39. The van der Waals surface area contributed by atoms with Crippen LogP contribution < -0.4 is 0 Å². The van der Waals surface area contributed by atoms with Crippen molar-refractivity contribution in [3.8, 4) is 0 Å². The molecule has 0 aliphatic carbocycles. The summed E-state index contributed by atoms with van der Waals surface area (Å²) in [6.45, 7) is 0. The van der Waals surface area contributed by atoms with Crippen LogP contribution in [0.1, 0.15) is 5.56 Å². The monoisotopic (exact) mass is 268 g/mol. The van der Waals surface area contributed by atoms with Crippen molar-refractivity contribution in [2.24, 2.45) is 0 Å². The van der Waals surface area contributed by atoms with Gasteiger partial charge in [-0.1, -0.05) is 48.5 Å². The minimum atomic E-state index is -0.129. The molecule has 0 aliphatic rings. The summed E-state index contributed by atoms with van der Waals surface area (Å²) in [6, 6.07) is 21.6. The number of fused-ring (bicyclic) bond motifs is 1. The molecule has 0 unspecified atom stereocenters. The van der Waals surface area contributed by atoms with Crippen molar-refractivity contribution in [1.82, 2.24) is 0 Å². The lowest BCUT2D eigenvalue weighted by Gasteiger charge is -2.05. The normalized spacial score (nSPS) is 10.8. The number of rotatable bonds is 3. The fraction of sp³-hybridized carbons (Fsp3) is 0.0588. The number of halogens is 1. The van der Waals surface area contributed by atoms with Gasteiger partial charge in [0, 0.05) is 10.6 Å². The third-order valence-corrected chi connectivity index (χ3v) is 4.12.